The Bertz CT molecular complexity index is 1510. The number of halogens is 3. The fourth-order valence-corrected chi connectivity index (χ4v) is 8.52. The molecule has 2 aliphatic heterocycles. The van der Waals surface area contributed by atoms with Crippen molar-refractivity contribution in [3.63, 3.8) is 0 Å². The van der Waals surface area contributed by atoms with Crippen LogP contribution in [0.25, 0.3) is 6.08 Å². The molecule has 0 bridgehead atoms. The van der Waals surface area contributed by atoms with E-state index in [4.69, 9.17) is 34.8 Å². The third-order valence-corrected chi connectivity index (χ3v) is 11.0. The summed E-state index contributed by atoms with van der Waals surface area (Å²) in [5.74, 6) is -0.823. The van der Waals surface area contributed by atoms with E-state index in [-0.39, 0.29) is 33.9 Å². The van der Waals surface area contributed by atoms with Crippen LogP contribution in [-0.2, 0) is 29.6 Å². The van der Waals surface area contributed by atoms with E-state index in [1.807, 2.05) is 0 Å². The van der Waals surface area contributed by atoms with E-state index >= 15 is 0 Å². The third-order valence-electron chi connectivity index (χ3n) is 6.56. The molecule has 40 heavy (non-hydrogen) atoms. The van der Waals surface area contributed by atoms with Crippen LogP contribution in [-0.4, -0.2) is 76.7 Å². The molecule has 1 aromatic heterocycles. The molecule has 2 unspecified atom stereocenters. The molecule has 2 fully saturated rings. The Hall–Kier alpha value is -1.71. The molecule has 2 N–H and O–H groups in total. The molecule has 10 nitrogen and oxygen atoms in total. The predicted octanol–water partition coefficient (Wildman–Crippen LogP) is 3.56. The van der Waals surface area contributed by atoms with Gasteiger partial charge in [0.2, 0.25) is 31.9 Å². The highest BCUT2D eigenvalue weighted by molar-refractivity contribution is 7.92. The molecule has 4 rings (SSSR count). The van der Waals surface area contributed by atoms with E-state index in [1.54, 1.807) is 17.0 Å². The van der Waals surface area contributed by atoms with Gasteiger partial charge in [-0.3, -0.25) is 9.59 Å². The fraction of sp³-hybridized carbons (Fsp3) is 0.417. The Morgan fingerprint density at radius 1 is 1.05 bits per heavy atom. The molecule has 218 valence electrons. The van der Waals surface area contributed by atoms with E-state index in [0.717, 1.165) is 5.41 Å². The fourth-order valence-electron chi connectivity index (χ4n) is 4.62. The molecular formula is C24H27Cl3N4O6S3. The van der Waals surface area contributed by atoms with Crippen molar-refractivity contribution in [2.75, 3.05) is 26.2 Å². The largest absolute Gasteiger partial charge is 0.337 e. The van der Waals surface area contributed by atoms with Crippen LogP contribution in [0.15, 0.2) is 40.6 Å². The zero-order valence-corrected chi connectivity index (χ0v) is 25.8. The van der Waals surface area contributed by atoms with Crippen molar-refractivity contribution in [2.24, 2.45) is 0 Å². The number of benzene rings is 1. The van der Waals surface area contributed by atoms with Crippen LogP contribution >= 0.6 is 46.1 Å². The van der Waals surface area contributed by atoms with Crippen LogP contribution in [0.2, 0.25) is 14.4 Å². The average Bonchev–Trinajstić information content (AvgIpc) is 3.54. The molecule has 3 heterocycles. The topological polar surface area (TPSA) is 133 Å². The summed E-state index contributed by atoms with van der Waals surface area (Å²) < 4.78 is 56.2. The molecule has 0 radical (unpaired) electrons. The highest BCUT2D eigenvalue weighted by Crippen LogP contribution is 2.26. The summed E-state index contributed by atoms with van der Waals surface area (Å²) in [6, 6.07) is 6.06. The number of likely N-dealkylation sites (tertiary alicyclic amines) is 2. The van der Waals surface area contributed by atoms with Gasteiger partial charge >= 0.3 is 0 Å². The third kappa shape index (κ3) is 7.97. The maximum Gasteiger partial charge on any atom is 0.242 e. The lowest BCUT2D eigenvalue weighted by Gasteiger charge is -2.34. The molecule has 16 heteroatoms. The molecule has 0 saturated carbocycles. The first kappa shape index (κ1) is 31.2. The second-order valence-corrected chi connectivity index (χ2v) is 15.3. The zero-order chi connectivity index (χ0) is 29.1. The summed E-state index contributed by atoms with van der Waals surface area (Å²) in [6.07, 6.45) is 3.47. The minimum absolute atomic E-state index is 0.0245. The first-order valence-electron chi connectivity index (χ1n) is 12.3. The second-order valence-electron chi connectivity index (χ2n) is 9.37. The maximum absolute atomic E-state index is 13.2. The lowest BCUT2D eigenvalue weighted by molar-refractivity contribution is -0.143. The van der Waals surface area contributed by atoms with Gasteiger partial charge in [0.05, 0.1) is 15.9 Å². The molecular weight excluding hydrogens is 643 g/mol. The highest BCUT2D eigenvalue weighted by atomic mass is 35.5. The maximum atomic E-state index is 13.2. The van der Waals surface area contributed by atoms with Crippen LogP contribution < -0.4 is 9.44 Å². The van der Waals surface area contributed by atoms with Gasteiger partial charge in [-0.05, 0) is 62.1 Å². The van der Waals surface area contributed by atoms with Crippen LogP contribution in [0.1, 0.15) is 30.6 Å². The predicted molar refractivity (Wildman–Crippen MR) is 156 cm³/mol. The van der Waals surface area contributed by atoms with Crippen LogP contribution in [0, 0.1) is 0 Å². The minimum atomic E-state index is -3.98. The quantitative estimate of drug-likeness (QED) is 0.398. The Morgan fingerprint density at radius 3 is 2.52 bits per heavy atom. The summed E-state index contributed by atoms with van der Waals surface area (Å²) in [5, 5.41) is 1.23. The number of nitrogens with one attached hydrogen (secondary N) is 2. The molecule has 2 atom stereocenters. The highest BCUT2D eigenvalue weighted by Gasteiger charge is 2.36. The van der Waals surface area contributed by atoms with E-state index in [2.05, 4.69) is 9.44 Å². The summed E-state index contributed by atoms with van der Waals surface area (Å²) in [7, 11) is -7.90. The van der Waals surface area contributed by atoms with Crippen molar-refractivity contribution in [3.8, 4) is 0 Å². The Balaban J connectivity index is 1.34. The summed E-state index contributed by atoms with van der Waals surface area (Å²) in [6.45, 7) is 0.461. The van der Waals surface area contributed by atoms with Gasteiger partial charge in [0.1, 0.15) is 10.9 Å². The van der Waals surface area contributed by atoms with E-state index in [1.165, 1.54) is 40.5 Å². The zero-order valence-electron chi connectivity index (χ0n) is 21.1. The minimum Gasteiger partial charge on any atom is -0.337 e. The monoisotopic (exact) mass is 668 g/mol. The first-order valence-corrected chi connectivity index (χ1v) is 17.3. The number of sulfonamides is 2. The van der Waals surface area contributed by atoms with Gasteiger partial charge in [0.25, 0.3) is 0 Å². The molecule has 2 aliphatic rings. The number of carbonyl (C=O) groups is 2. The smallest absolute Gasteiger partial charge is 0.242 e. The first-order chi connectivity index (χ1) is 18.8. The number of nitrogens with zero attached hydrogens (tertiary/aromatic N) is 2. The van der Waals surface area contributed by atoms with Gasteiger partial charge in [0, 0.05) is 41.0 Å². The van der Waals surface area contributed by atoms with E-state index in [0.29, 0.717) is 48.0 Å². The standard InChI is InChI=1S/C24H27Cl3N4O6S3/c25-16-5-7-19(26)21(13-16)40(36,37)28-14-17-3-1-11-31(17)23(32)15-30-10-2-4-20(24(30)33)29-39(34,35)12-9-18-6-8-22(27)38-18/h5-9,12-13,17,20,28-29H,1-4,10-11,14-15H2/b12-9+. The Kier molecular flexibility index (Phi) is 10.2. The van der Waals surface area contributed by atoms with Crippen molar-refractivity contribution in [1.29, 1.82) is 0 Å². The molecule has 2 aromatic rings. The Morgan fingerprint density at radius 2 is 1.80 bits per heavy atom. The molecule has 2 saturated heterocycles. The van der Waals surface area contributed by atoms with Crippen LogP contribution in [0.3, 0.4) is 0 Å². The SMILES string of the molecule is O=C1C(NS(=O)(=O)/C=C/c2ccc(Cl)s2)CCCN1CC(=O)N1CCCC1CNS(=O)(=O)c1cc(Cl)ccc1Cl. The van der Waals surface area contributed by atoms with Gasteiger partial charge in [-0.2, -0.15) is 4.72 Å². The summed E-state index contributed by atoms with van der Waals surface area (Å²) in [4.78, 5) is 29.6. The molecule has 2 amide bonds. The lowest BCUT2D eigenvalue weighted by atomic mass is 10.1. The number of thiophene rings is 1. The molecule has 0 spiro atoms. The lowest BCUT2D eigenvalue weighted by Crippen LogP contribution is -2.55. The summed E-state index contributed by atoms with van der Waals surface area (Å²) >= 11 is 19.1. The molecule has 1 aromatic carbocycles. The number of hydrogen-bond acceptors (Lipinski definition) is 7. The van der Waals surface area contributed by atoms with Crippen LogP contribution in [0.4, 0.5) is 0 Å². The van der Waals surface area contributed by atoms with Gasteiger partial charge in [-0.25, -0.2) is 21.6 Å². The number of carbonyl (C=O) groups excluding carboxylic acids is 2. The van der Waals surface area contributed by atoms with E-state index in [9.17, 15) is 26.4 Å². The van der Waals surface area contributed by atoms with Crippen molar-refractivity contribution in [2.45, 2.75) is 42.7 Å². The van der Waals surface area contributed by atoms with Gasteiger partial charge in [0.15, 0.2) is 0 Å². The number of amides is 2. The number of rotatable bonds is 10. The second kappa shape index (κ2) is 13.1. The van der Waals surface area contributed by atoms with Crippen molar-refractivity contribution in [1.82, 2.24) is 19.2 Å². The Labute approximate surface area is 252 Å². The molecule has 0 aliphatic carbocycles. The van der Waals surface area contributed by atoms with Gasteiger partial charge in [-0.1, -0.05) is 34.8 Å². The van der Waals surface area contributed by atoms with Gasteiger partial charge in [-0.15, -0.1) is 11.3 Å². The number of hydrogen-bond donors (Lipinski definition) is 2. The van der Waals surface area contributed by atoms with Crippen LogP contribution in [0.5, 0.6) is 0 Å². The van der Waals surface area contributed by atoms with Crippen molar-refractivity contribution >= 4 is 84.1 Å². The normalized spacial score (nSPS) is 20.5. The van der Waals surface area contributed by atoms with E-state index < -0.39 is 38.0 Å². The van der Waals surface area contributed by atoms with Gasteiger partial charge < -0.3 is 9.80 Å². The summed E-state index contributed by atoms with van der Waals surface area (Å²) in [5.41, 5.74) is 0. The van der Waals surface area contributed by atoms with Crippen molar-refractivity contribution in [3.05, 3.63) is 55.0 Å². The van der Waals surface area contributed by atoms with Crippen molar-refractivity contribution < 1.29 is 26.4 Å². The average molecular weight is 670 g/mol. The number of piperidine rings is 1.